The summed E-state index contributed by atoms with van der Waals surface area (Å²) in [5.74, 6) is -0.756. The number of aliphatic hydroxyl groups excluding tert-OH is 3. The Labute approximate surface area is 117 Å². The van der Waals surface area contributed by atoms with Crippen LogP contribution in [-0.4, -0.2) is 65.7 Å². The van der Waals surface area contributed by atoms with Crippen LogP contribution in [0, 0.1) is 0 Å². The normalized spacial score (nSPS) is 29.1. The second-order valence-electron chi connectivity index (χ2n) is 4.64. The Bertz CT molecular complexity index is 689. The van der Waals surface area contributed by atoms with Gasteiger partial charge in [0.25, 0.3) is 5.91 Å². The number of primary amides is 1. The van der Waals surface area contributed by atoms with Crippen LogP contribution in [0.15, 0.2) is 12.7 Å². The second kappa shape index (κ2) is 5.00. The minimum absolute atomic E-state index is 0.0505. The average molecular weight is 295 g/mol. The van der Waals surface area contributed by atoms with Crippen LogP contribution in [-0.2, 0) is 4.74 Å². The molecule has 3 heterocycles. The number of amides is 1. The van der Waals surface area contributed by atoms with Gasteiger partial charge in [-0.15, -0.1) is 0 Å². The van der Waals surface area contributed by atoms with Crippen LogP contribution < -0.4 is 5.73 Å². The van der Waals surface area contributed by atoms with Crippen molar-refractivity contribution in [3.8, 4) is 0 Å². The van der Waals surface area contributed by atoms with Gasteiger partial charge in [-0.3, -0.25) is 9.36 Å². The smallest absolute Gasteiger partial charge is 0.269 e. The molecule has 10 nitrogen and oxygen atoms in total. The molecule has 2 aromatic rings. The highest BCUT2D eigenvalue weighted by molar-refractivity contribution is 6.01. The van der Waals surface area contributed by atoms with Crippen molar-refractivity contribution in [3.05, 3.63) is 18.3 Å². The standard InChI is InChI=1S/C11H13N5O5/c12-9(20)5-6-10(14-2-13-5)16(3-15-6)11-8(19)7(18)4(1-17)21-11/h2-4,7-8,11,17-19H,1H2,(H2,12,20)/t4-,7+,8+,11-/m0/s1. The van der Waals surface area contributed by atoms with E-state index >= 15 is 0 Å². The van der Waals surface area contributed by atoms with Gasteiger partial charge in [0, 0.05) is 0 Å². The molecule has 5 N–H and O–H groups in total. The summed E-state index contributed by atoms with van der Waals surface area (Å²) >= 11 is 0. The topological polar surface area (TPSA) is 157 Å². The van der Waals surface area contributed by atoms with Crippen molar-refractivity contribution >= 4 is 17.1 Å². The summed E-state index contributed by atoms with van der Waals surface area (Å²) in [6, 6.07) is 0. The number of rotatable bonds is 3. The molecule has 3 rings (SSSR count). The molecular formula is C11H13N5O5. The molecule has 1 amide bonds. The van der Waals surface area contributed by atoms with E-state index < -0.39 is 37.1 Å². The molecule has 0 unspecified atom stereocenters. The molecule has 21 heavy (non-hydrogen) atoms. The van der Waals surface area contributed by atoms with E-state index in [4.69, 9.17) is 15.6 Å². The van der Waals surface area contributed by atoms with Gasteiger partial charge in [0.15, 0.2) is 17.6 Å². The van der Waals surface area contributed by atoms with Crippen LogP contribution in [0.25, 0.3) is 11.2 Å². The number of nitrogens with two attached hydrogens (primary N) is 1. The van der Waals surface area contributed by atoms with Crippen LogP contribution in [0.5, 0.6) is 0 Å². The van der Waals surface area contributed by atoms with Crippen LogP contribution in [0.3, 0.4) is 0 Å². The van der Waals surface area contributed by atoms with Crippen LogP contribution in [0.2, 0.25) is 0 Å². The van der Waals surface area contributed by atoms with Crippen molar-refractivity contribution in [3.63, 3.8) is 0 Å². The fourth-order valence-electron chi connectivity index (χ4n) is 2.33. The monoisotopic (exact) mass is 295 g/mol. The summed E-state index contributed by atoms with van der Waals surface area (Å²) in [6.45, 7) is -0.442. The zero-order valence-electron chi connectivity index (χ0n) is 10.7. The maximum absolute atomic E-state index is 11.3. The number of fused-ring (bicyclic) bond motifs is 1. The molecular weight excluding hydrogens is 282 g/mol. The molecule has 112 valence electrons. The highest BCUT2D eigenvalue weighted by Gasteiger charge is 2.44. The van der Waals surface area contributed by atoms with Gasteiger partial charge in [0.1, 0.15) is 30.2 Å². The van der Waals surface area contributed by atoms with E-state index in [0.29, 0.717) is 0 Å². The number of carbonyl (C=O) groups excluding carboxylic acids is 1. The maximum atomic E-state index is 11.3. The van der Waals surface area contributed by atoms with Crippen molar-refractivity contribution in [2.75, 3.05) is 6.61 Å². The van der Waals surface area contributed by atoms with E-state index in [1.165, 1.54) is 10.9 Å². The number of hydrogen-bond donors (Lipinski definition) is 4. The Hall–Kier alpha value is -2.14. The summed E-state index contributed by atoms with van der Waals surface area (Å²) in [5, 5.41) is 28.9. The Balaban J connectivity index is 2.06. The molecule has 10 heteroatoms. The molecule has 1 aliphatic rings. The van der Waals surface area contributed by atoms with E-state index in [1.807, 2.05) is 0 Å². The third-order valence-electron chi connectivity index (χ3n) is 3.38. The van der Waals surface area contributed by atoms with Crippen molar-refractivity contribution in [1.29, 1.82) is 0 Å². The lowest BCUT2D eigenvalue weighted by molar-refractivity contribution is -0.0511. The first kappa shape index (κ1) is 13.8. The van der Waals surface area contributed by atoms with Crippen LogP contribution in [0.4, 0.5) is 0 Å². The SMILES string of the molecule is NC(=O)c1ncnc2c1ncn2[C@H]1O[C@@H](CO)[C@@H](O)[C@H]1O. The molecule has 0 saturated carbocycles. The highest BCUT2D eigenvalue weighted by Crippen LogP contribution is 2.31. The van der Waals surface area contributed by atoms with Gasteiger partial charge in [-0.25, -0.2) is 15.0 Å². The minimum atomic E-state index is -1.27. The number of imidazole rings is 1. The van der Waals surface area contributed by atoms with E-state index in [1.54, 1.807) is 0 Å². The Morgan fingerprint density at radius 1 is 1.33 bits per heavy atom. The fourth-order valence-corrected chi connectivity index (χ4v) is 2.33. The van der Waals surface area contributed by atoms with E-state index in [-0.39, 0.29) is 16.9 Å². The van der Waals surface area contributed by atoms with E-state index in [0.717, 1.165) is 6.33 Å². The molecule has 0 radical (unpaired) electrons. The van der Waals surface area contributed by atoms with Crippen molar-refractivity contribution < 1.29 is 24.9 Å². The summed E-state index contributed by atoms with van der Waals surface area (Å²) < 4.78 is 6.74. The van der Waals surface area contributed by atoms with Gasteiger partial charge in [-0.05, 0) is 0 Å². The summed E-state index contributed by atoms with van der Waals surface area (Å²) in [4.78, 5) is 23.0. The van der Waals surface area contributed by atoms with Crippen LogP contribution in [0.1, 0.15) is 16.7 Å². The third kappa shape index (κ3) is 2.05. The lowest BCUT2D eigenvalue weighted by Gasteiger charge is -2.16. The Morgan fingerprint density at radius 3 is 2.71 bits per heavy atom. The first-order valence-corrected chi connectivity index (χ1v) is 6.14. The number of ether oxygens (including phenoxy) is 1. The van der Waals surface area contributed by atoms with Gasteiger partial charge in [-0.2, -0.15) is 0 Å². The first-order chi connectivity index (χ1) is 10.0. The number of aliphatic hydroxyl groups is 3. The van der Waals surface area contributed by atoms with Crippen molar-refractivity contribution in [1.82, 2.24) is 19.5 Å². The Morgan fingerprint density at radius 2 is 2.10 bits per heavy atom. The maximum Gasteiger partial charge on any atom is 0.269 e. The lowest BCUT2D eigenvalue weighted by atomic mass is 10.1. The molecule has 4 atom stereocenters. The number of hydrogen-bond acceptors (Lipinski definition) is 8. The van der Waals surface area contributed by atoms with Gasteiger partial charge in [-0.1, -0.05) is 0 Å². The summed E-state index contributed by atoms with van der Waals surface area (Å²) in [6.07, 6.45) is -1.98. The quantitative estimate of drug-likeness (QED) is 0.485. The van der Waals surface area contributed by atoms with Gasteiger partial charge in [0.05, 0.1) is 12.9 Å². The zero-order chi connectivity index (χ0) is 15.1. The summed E-state index contributed by atoms with van der Waals surface area (Å²) in [7, 11) is 0. The number of nitrogens with zero attached hydrogens (tertiary/aromatic N) is 4. The van der Waals surface area contributed by atoms with Gasteiger partial charge in [0.2, 0.25) is 0 Å². The molecule has 0 spiro atoms. The molecule has 1 aliphatic heterocycles. The average Bonchev–Trinajstić information content (AvgIpc) is 3.01. The first-order valence-electron chi connectivity index (χ1n) is 6.14. The number of aromatic nitrogens is 4. The van der Waals surface area contributed by atoms with E-state index in [9.17, 15) is 15.0 Å². The molecule has 0 aliphatic carbocycles. The molecule has 2 aromatic heterocycles. The van der Waals surface area contributed by atoms with Crippen molar-refractivity contribution in [2.45, 2.75) is 24.5 Å². The molecule has 0 aromatic carbocycles. The third-order valence-corrected chi connectivity index (χ3v) is 3.38. The van der Waals surface area contributed by atoms with Gasteiger partial charge >= 0.3 is 0 Å². The predicted molar refractivity (Wildman–Crippen MR) is 66.9 cm³/mol. The molecule has 1 saturated heterocycles. The second-order valence-corrected chi connectivity index (χ2v) is 4.64. The molecule has 0 bridgehead atoms. The predicted octanol–water partition coefficient (Wildman–Crippen LogP) is -2.46. The van der Waals surface area contributed by atoms with Crippen LogP contribution >= 0.6 is 0 Å². The van der Waals surface area contributed by atoms with Gasteiger partial charge < -0.3 is 25.8 Å². The number of carbonyl (C=O) groups is 1. The molecule has 1 fully saturated rings. The minimum Gasteiger partial charge on any atom is -0.394 e. The lowest BCUT2D eigenvalue weighted by Crippen LogP contribution is -2.33. The highest BCUT2D eigenvalue weighted by atomic mass is 16.6. The largest absolute Gasteiger partial charge is 0.394 e. The Kier molecular flexibility index (Phi) is 3.29. The summed E-state index contributed by atoms with van der Waals surface area (Å²) in [5.41, 5.74) is 5.55. The fraction of sp³-hybridized carbons (Fsp3) is 0.455. The van der Waals surface area contributed by atoms with Crippen molar-refractivity contribution in [2.24, 2.45) is 5.73 Å². The zero-order valence-corrected chi connectivity index (χ0v) is 10.7. The van der Waals surface area contributed by atoms with E-state index in [2.05, 4.69) is 15.0 Å².